The summed E-state index contributed by atoms with van der Waals surface area (Å²) in [6.45, 7) is 1.93. The molecule has 158 valence electrons. The van der Waals surface area contributed by atoms with Crippen molar-refractivity contribution in [3.63, 3.8) is 0 Å². The largest absolute Gasteiger partial charge is 0.339 e. The SMILES string of the molecule is Brc1ccc2c(c1)c1ccncc1n2CCCCn1c2ccc(Br)cc2c2ccncc21. The quantitative estimate of drug-likeness (QED) is 0.207. The minimum absolute atomic E-state index is 0.967. The van der Waals surface area contributed by atoms with E-state index in [0.717, 1.165) is 34.9 Å². The van der Waals surface area contributed by atoms with Gasteiger partial charge in [0.15, 0.2) is 0 Å². The van der Waals surface area contributed by atoms with Crippen molar-refractivity contribution in [2.45, 2.75) is 25.9 Å². The Hall–Kier alpha value is -2.70. The summed E-state index contributed by atoms with van der Waals surface area (Å²) in [6, 6.07) is 17.3. The van der Waals surface area contributed by atoms with Crippen LogP contribution in [0.5, 0.6) is 0 Å². The van der Waals surface area contributed by atoms with Crippen LogP contribution in [-0.4, -0.2) is 19.1 Å². The molecule has 0 aliphatic rings. The molecule has 0 saturated carbocycles. The highest BCUT2D eigenvalue weighted by molar-refractivity contribution is 9.10. The lowest BCUT2D eigenvalue weighted by atomic mass is 10.2. The van der Waals surface area contributed by atoms with Gasteiger partial charge in [-0.1, -0.05) is 31.9 Å². The highest BCUT2D eigenvalue weighted by Crippen LogP contribution is 2.32. The van der Waals surface area contributed by atoms with E-state index in [-0.39, 0.29) is 0 Å². The van der Waals surface area contributed by atoms with Crippen LogP contribution in [-0.2, 0) is 13.1 Å². The maximum absolute atomic E-state index is 4.39. The summed E-state index contributed by atoms with van der Waals surface area (Å²) in [4.78, 5) is 8.78. The molecular weight excluding hydrogens is 528 g/mol. The number of aryl methyl sites for hydroxylation is 2. The molecule has 0 unspecified atom stereocenters. The van der Waals surface area contributed by atoms with Crippen molar-refractivity contribution in [1.82, 2.24) is 19.1 Å². The van der Waals surface area contributed by atoms with Crippen LogP contribution in [0, 0.1) is 0 Å². The second-order valence-corrected chi connectivity index (χ2v) is 9.95. The molecule has 0 atom stereocenters. The number of hydrogen-bond donors (Lipinski definition) is 0. The zero-order chi connectivity index (χ0) is 21.7. The molecule has 0 bridgehead atoms. The van der Waals surface area contributed by atoms with Gasteiger partial charge in [0.1, 0.15) is 0 Å². The second-order valence-electron chi connectivity index (χ2n) is 8.12. The molecule has 4 nitrogen and oxygen atoms in total. The van der Waals surface area contributed by atoms with E-state index in [1.165, 1.54) is 43.6 Å². The second kappa shape index (κ2) is 8.01. The van der Waals surface area contributed by atoms with Gasteiger partial charge in [0.2, 0.25) is 0 Å². The third-order valence-electron chi connectivity index (χ3n) is 6.27. The highest BCUT2D eigenvalue weighted by Gasteiger charge is 2.13. The first kappa shape index (κ1) is 19.9. The van der Waals surface area contributed by atoms with Gasteiger partial charge in [0.25, 0.3) is 0 Å². The van der Waals surface area contributed by atoms with Gasteiger partial charge in [0, 0.05) is 67.0 Å². The zero-order valence-electron chi connectivity index (χ0n) is 17.3. The average molecular weight is 548 g/mol. The van der Waals surface area contributed by atoms with Gasteiger partial charge in [-0.05, 0) is 61.4 Å². The van der Waals surface area contributed by atoms with Crippen molar-refractivity contribution in [3.8, 4) is 0 Å². The molecule has 6 aromatic rings. The number of nitrogens with zero attached hydrogens (tertiary/aromatic N) is 4. The molecule has 0 spiro atoms. The Morgan fingerprint density at radius 2 is 1.03 bits per heavy atom. The van der Waals surface area contributed by atoms with Crippen LogP contribution < -0.4 is 0 Å². The lowest BCUT2D eigenvalue weighted by Gasteiger charge is -2.10. The molecule has 32 heavy (non-hydrogen) atoms. The molecule has 0 aliphatic carbocycles. The first-order valence-electron chi connectivity index (χ1n) is 10.7. The lowest BCUT2D eigenvalue weighted by Crippen LogP contribution is -2.02. The first-order valence-corrected chi connectivity index (χ1v) is 12.3. The van der Waals surface area contributed by atoms with E-state index in [4.69, 9.17) is 0 Å². The van der Waals surface area contributed by atoms with Crippen LogP contribution >= 0.6 is 31.9 Å². The number of halogens is 2. The minimum Gasteiger partial charge on any atom is -0.339 e. The maximum atomic E-state index is 4.39. The summed E-state index contributed by atoms with van der Waals surface area (Å²) in [5.74, 6) is 0. The molecule has 4 aromatic heterocycles. The van der Waals surface area contributed by atoms with Gasteiger partial charge in [-0.15, -0.1) is 0 Å². The van der Waals surface area contributed by atoms with Crippen molar-refractivity contribution < 1.29 is 0 Å². The van der Waals surface area contributed by atoms with Crippen LogP contribution in [0.2, 0.25) is 0 Å². The molecular formula is C26H20Br2N4. The maximum Gasteiger partial charge on any atom is 0.0677 e. The molecule has 0 radical (unpaired) electrons. The monoisotopic (exact) mass is 546 g/mol. The van der Waals surface area contributed by atoms with E-state index in [1.54, 1.807) is 0 Å². The number of hydrogen-bond acceptors (Lipinski definition) is 2. The summed E-state index contributed by atoms with van der Waals surface area (Å²) in [5, 5.41) is 5.07. The van der Waals surface area contributed by atoms with E-state index in [1.807, 2.05) is 24.8 Å². The van der Waals surface area contributed by atoms with Gasteiger partial charge >= 0.3 is 0 Å². The standard InChI is InChI=1S/C26H20Br2N4/c27-17-3-5-23-21(13-17)19-7-9-29-15-25(19)31(23)11-1-2-12-32-24-6-4-18(28)14-22(24)20-8-10-30-16-26(20)32/h3-10,13-16H,1-2,11-12H2. The normalized spacial score (nSPS) is 11.9. The summed E-state index contributed by atoms with van der Waals surface area (Å²) >= 11 is 7.24. The predicted molar refractivity (Wildman–Crippen MR) is 139 cm³/mol. The Morgan fingerprint density at radius 1 is 0.562 bits per heavy atom. The Morgan fingerprint density at radius 3 is 1.50 bits per heavy atom. The number of pyridine rings is 2. The Bertz CT molecular complexity index is 1490. The molecule has 2 aromatic carbocycles. The van der Waals surface area contributed by atoms with Crippen molar-refractivity contribution >= 4 is 75.5 Å². The molecule has 0 N–H and O–H groups in total. The number of rotatable bonds is 5. The van der Waals surface area contributed by atoms with Gasteiger partial charge in [-0.3, -0.25) is 9.97 Å². The predicted octanol–water partition coefficient (Wildman–Crippen LogP) is 7.70. The van der Waals surface area contributed by atoms with Crippen LogP contribution in [0.25, 0.3) is 43.6 Å². The van der Waals surface area contributed by atoms with Crippen molar-refractivity contribution in [2.24, 2.45) is 0 Å². The summed E-state index contributed by atoms with van der Waals surface area (Å²) < 4.78 is 7.03. The first-order chi connectivity index (χ1) is 15.7. The van der Waals surface area contributed by atoms with Crippen LogP contribution in [0.1, 0.15) is 12.8 Å². The third-order valence-corrected chi connectivity index (χ3v) is 7.26. The van der Waals surface area contributed by atoms with Gasteiger partial charge < -0.3 is 9.13 Å². The number of benzene rings is 2. The number of unbranched alkanes of at least 4 members (excludes halogenated alkanes) is 1. The van der Waals surface area contributed by atoms with E-state index in [0.29, 0.717) is 0 Å². The topological polar surface area (TPSA) is 35.6 Å². The molecule has 0 aliphatic heterocycles. The van der Waals surface area contributed by atoms with Crippen LogP contribution in [0.3, 0.4) is 0 Å². The average Bonchev–Trinajstić information content (AvgIpc) is 3.29. The summed E-state index contributed by atoms with van der Waals surface area (Å²) in [6.07, 6.45) is 9.90. The summed E-state index contributed by atoms with van der Waals surface area (Å²) in [7, 11) is 0. The Balaban J connectivity index is 1.30. The van der Waals surface area contributed by atoms with E-state index in [2.05, 4.69) is 99.5 Å². The highest BCUT2D eigenvalue weighted by atomic mass is 79.9. The van der Waals surface area contributed by atoms with Gasteiger partial charge in [-0.25, -0.2) is 0 Å². The van der Waals surface area contributed by atoms with Gasteiger partial charge in [-0.2, -0.15) is 0 Å². The molecule has 0 amide bonds. The van der Waals surface area contributed by atoms with E-state index in [9.17, 15) is 0 Å². The molecule has 6 rings (SSSR count). The lowest BCUT2D eigenvalue weighted by molar-refractivity contribution is 0.583. The fourth-order valence-electron chi connectivity index (χ4n) is 4.86. The molecule has 0 fully saturated rings. The zero-order valence-corrected chi connectivity index (χ0v) is 20.5. The Kier molecular flexibility index (Phi) is 5.00. The number of fused-ring (bicyclic) bond motifs is 6. The van der Waals surface area contributed by atoms with E-state index >= 15 is 0 Å². The minimum atomic E-state index is 0.967. The summed E-state index contributed by atoms with van der Waals surface area (Å²) in [5.41, 5.74) is 4.93. The van der Waals surface area contributed by atoms with Crippen molar-refractivity contribution in [2.75, 3.05) is 0 Å². The fraction of sp³-hybridized carbons (Fsp3) is 0.154. The van der Waals surface area contributed by atoms with Crippen LogP contribution in [0.15, 0.2) is 82.3 Å². The van der Waals surface area contributed by atoms with Crippen LogP contribution in [0.4, 0.5) is 0 Å². The smallest absolute Gasteiger partial charge is 0.0677 e. The van der Waals surface area contributed by atoms with Gasteiger partial charge in [0.05, 0.1) is 23.4 Å². The molecule has 6 heteroatoms. The van der Waals surface area contributed by atoms with Crippen molar-refractivity contribution in [3.05, 3.63) is 82.3 Å². The third kappa shape index (κ3) is 3.24. The van der Waals surface area contributed by atoms with E-state index < -0.39 is 0 Å². The molecule has 4 heterocycles. The van der Waals surface area contributed by atoms with Crippen molar-refractivity contribution in [1.29, 1.82) is 0 Å². The Labute approximate surface area is 202 Å². The number of aromatic nitrogens is 4. The molecule has 0 saturated heterocycles. The fourth-order valence-corrected chi connectivity index (χ4v) is 5.58.